The lowest BCUT2D eigenvalue weighted by molar-refractivity contribution is 0.768. The van der Waals surface area contributed by atoms with Crippen molar-refractivity contribution in [2.75, 3.05) is 4.90 Å². The minimum Gasteiger partial charge on any atom is -0.310 e. The molecule has 0 atom stereocenters. The van der Waals surface area contributed by atoms with Crippen LogP contribution in [0.4, 0.5) is 17.1 Å². The van der Waals surface area contributed by atoms with Crippen molar-refractivity contribution in [1.82, 2.24) is 4.57 Å². The average Bonchev–Trinajstić information content (AvgIpc) is 3.50. The zero-order chi connectivity index (χ0) is 52.3. The molecule has 1 aliphatic rings. The van der Waals surface area contributed by atoms with Crippen LogP contribution in [0.3, 0.4) is 0 Å². The lowest BCUT2D eigenvalue weighted by atomic mass is 9.67. The van der Waals surface area contributed by atoms with Crippen LogP contribution in [-0.4, -0.2) is 4.57 Å². The van der Waals surface area contributed by atoms with Gasteiger partial charge in [0.2, 0.25) is 0 Å². The van der Waals surface area contributed by atoms with Gasteiger partial charge < -0.3 is 9.47 Å². The van der Waals surface area contributed by atoms with Crippen LogP contribution >= 0.6 is 0 Å². The molecule has 2 heteroatoms. The van der Waals surface area contributed by atoms with E-state index in [0.29, 0.717) is 0 Å². The molecule has 15 rings (SSSR count). The molecule has 0 fully saturated rings. The molecule has 0 amide bonds. The Morgan fingerprint density at radius 3 is 1.51 bits per heavy atom. The number of para-hydroxylation sites is 1. The smallest absolute Gasteiger partial charge is 0.0714 e. The van der Waals surface area contributed by atoms with Gasteiger partial charge in [0.05, 0.1) is 16.4 Å². The molecular weight excluding hydrogens is 953 g/mol. The molecule has 1 heterocycles. The van der Waals surface area contributed by atoms with Crippen molar-refractivity contribution in [1.29, 1.82) is 0 Å². The Balaban J connectivity index is 0.846. The first-order chi connectivity index (χ1) is 39.2. The molecule has 2 nitrogen and oxygen atoms in total. The topological polar surface area (TPSA) is 8.17 Å². The summed E-state index contributed by atoms with van der Waals surface area (Å²) in [6, 6.07) is 116. The predicted octanol–water partition coefficient (Wildman–Crippen LogP) is 20.4. The Bertz CT molecular complexity index is 4530. The number of rotatable bonds is 10. The van der Waals surface area contributed by atoms with Crippen LogP contribution in [0.1, 0.15) is 22.3 Å². The molecule has 0 N–H and O–H groups in total. The van der Waals surface area contributed by atoms with E-state index in [1.807, 2.05) is 0 Å². The van der Waals surface area contributed by atoms with E-state index in [-0.39, 0.29) is 0 Å². The minimum absolute atomic E-state index is 0.537. The normalized spacial score (nSPS) is 12.4. The molecule has 0 bridgehead atoms. The predicted molar refractivity (Wildman–Crippen MR) is 332 cm³/mol. The van der Waals surface area contributed by atoms with Gasteiger partial charge in [0.15, 0.2) is 0 Å². The third-order valence-corrected chi connectivity index (χ3v) is 16.4. The van der Waals surface area contributed by atoms with Crippen LogP contribution in [-0.2, 0) is 5.41 Å². The maximum Gasteiger partial charge on any atom is 0.0714 e. The number of aromatic nitrogens is 1. The van der Waals surface area contributed by atoms with Gasteiger partial charge in [0.1, 0.15) is 0 Å². The summed E-state index contributed by atoms with van der Waals surface area (Å²) >= 11 is 0. The van der Waals surface area contributed by atoms with E-state index < -0.39 is 5.41 Å². The number of hydrogen-bond acceptors (Lipinski definition) is 1. The van der Waals surface area contributed by atoms with Gasteiger partial charge in [-0.1, -0.05) is 237 Å². The van der Waals surface area contributed by atoms with Crippen molar-refractivity contribution in [3.8, 4) is 61.3 Å². The van der Waals surface area contributed by atoms with E-state index in [2.05, 4.69) is 325 Å². The van der Waals surface area contributed by atoms with Crippen molar-refractivity contribution >= 4 is 49.6 Å². The average molecular weight is 1010 g/mol. The molecule has 0 radical (unpaired) electrons. The van der Waals surface area contributed by atoms with Crippen LogP contribution in [0, 0.1) is 0 Å². The van der Waals surface area contributed by atoms with Gasteiger partial charge in [0, 0.05) is 33.5 Å². The highest BCUT2D eigenvalue weighted by Crippen LogP contribution is 2.57. The summed E-state index contributed by atoms with van der Waals surface area (Å²) in [5.41, 5.74) is 23.3. The van der Waals surface area contributed by atoms with E-state index in [0.717, 1.165) is 33.9 Å². The van der Waals surface area contributed by atoms with Gasteiger partial charge in [-0.25, -0.2) is 0 Å². The molecule has 14 aromatic rings. The van der Waals surface area contributed by atoms with Crippen LogP contribution in [0.5, 0.6) is 0 Å². The molecular formula is C77H52N2. The Hall–Kier alpha value is -10.3. The highest BCUT2D eigenvalue weighted by Gasteiger charge is 2.46. The van der Waals surface area contributed by atoms with E-state index in [1.165, 1.54) is 99.3 Å². The maximum atomic E-state index is 2.47. The maximum absolute atomic E-state index is 2.47. The number of hydrogen-bond donors (Lipinski definition) is 0. The minimum atomic E-state index is -0.537. The molecule has 1 aliphatic carbocycles. The lowest BCUT2D eigenvalue weighted by Crippen LogP contribution is -2.28. The van der Waals surface area contributed by atoms with Crippen molar-refractivity contribution in [2.45, 2.75) is 5.41 Å². The molecule has 0 saturated carbocycles. The molecule has 1 aromatic heterocycles. The number of anilines is 3. The van der Waals surface area contributed by atoms with Crippen molar-refractivity contribution in [2.24, 2.45) is 0 Å². The van der Waals surface area contributed by atoms with Crippen LogP contribution in [0.25, 0.3) is 93.9 Å². The Morgan fingerprint density at radius 2 is 0.747 bits per heavy atom. The van der Waals surface area contributed by atoms with Gasteiger partial charge in [-0.3, -0.25) is 0 Å². The highest BCUT2D eigenvalue weighted by molar-refractivity contribution is 6.10. The first kappa shape index (κ1) is 46.1. The molecule has 0 aliphatic heterocycles. The quantitative estimate of drug-likeness (QED) is 0.133. The third kappa shape index (κ3) is 7.79. The Kier molecular flexibility index (Phi) is 11.1. The fourth-order valence-corrected chi connectivity index (χ4v) is 12.8. The van der Waals surface area contributed by atoms with E-state index in [9.17, 15) is 0 Å². The zero-order valence-corrected chi connectivity index (χ0v) is 43.4. The van der Waals surface area contributed by atoms with E-state index in [4.69, 9.17) is 0 Å². The van der Waals surface area contributed by atoms with Gasteiger partial charge in [-0.05, 0) is 168 Å². The van der Waals surface area contributed by atoms with E-state index >= 15 is 0 Å². The van der Waals surface area contributed by atoms with Crippen LogP contribution < -0.4 is 4.90 Å². The van der Waals surface area contributed by atoms with Gasteiger partial charge in [-0.2, -0.15) is 0 Å². The molecule has 0 saturated heterocycles. The lowest BCUT2D eigenvalue weighted by Gasteiger charge is -2.35. The third-order valence-electron chi connectivity index (χ3n) is 16.4. The van der Waals surface area contributed by atoms with Crippen molar-refractivity contribution in [3.05, 3.63) is 338 Å². The molecule has 79 heavy (non-hydrogen) atoms. The summed E-state index contributed by atoms with van der Waals surface area (Å²) in [5, 5.41) is 4.95. The largest absolute Gasteiger partial charge is 0.310 e. The fraction of sp³-hybridized carbons (Fsp3) is 0.0130. The summed E-state index contributed by atoms with van der Waals surface area (Å²) in [4.78, 5) is 2.44. The summed E-state index contributed by atoms with van der Waals surface area (Å²) < 4.78 is 2.40. The summed E-state index contributed by atoms with van der Waals surface area (Å²) in [6.45, 7) is 0. The highest BCUT2D eigenvalue weighted by atomic mass is 15.1. The SMILES string of the molecule is c1ccc(-c2ccc(-n3c4ccccc4c4cc(-c5cccc(-c6cccc(N(c7ccc(-c8ccc9ccccc9c8)cc7)c7ccc8c(c7)C(c7ccccc7)(c7ccccc7)c7ccccc7-8)c6)c5)ccc43)cc2)cc1. The first-order valence-electron chi connectivity index (χ1n) is 27.3. The number of nitrogens with zero attached hydrogens (tertiary/aromatic N) is 2. The molecule has 13 aromatic carbocycles. The monoisotopic (exact) mass is 1000 g/mol. The second kappa shape index (κ2) is 19.1. The van der Waals surface area contributed by atoms with Crippen LogP contribution in [0.15, 0.2) is 315 Å². The number of benzene rings is 13. The summed E-state index contributed by atoms with van der Waals surface area (Å²) in [7, 11) is 0. The van der Waals surface area contributed by atoms with Crippen LogP contribution in [0.2, 0.25) is 0 Å². The number of fused-ring (bicyclic) bond motifs is 7. The van der Waals surface area contributed by atoms with Gasteiger partial charge in [-0.15, -0.1) is 0 Å². The fourth-order valence-electron chi connectivity index (χ4n) is 12.8. The van der Waals surface area contributed by atoms with Crippen molar-refractivity contribution in [3.63, 3.8) is 0 Å². The van der Waals surface area contributed by atoms with E-state index in [1.54, 1.807) is 0 Å². The standard InChI is InChI=1S/C77H52N2/c1-4-18-53(19-5-1)55-36-43-66(44-37-55)79-75-33-15-13-31-71(75)72-51-62(40-47-76(72)79)59-23-16-22-58(49-59)60-24-17-29-67(50-60)78(65-41-38-56(39-42-65)61-35-34-54-20-10-11-21-57(54)48-61)68-45-46-70-69-30-12-14-32-73(69)77(74(70)52-68,63-25-6-2-7-26-63)64-27-8-3-9-28-64/h1-52H. The second-order valence-electron chi connectivity index (χ2n) is 20.8. The molecule has 0 spiro atoms. The van der Waals surface area contributed by atoms with Crippen molar-refractivity contribution < 1.29 is 0 Å². The molecule has 370 valence electrons. The van der Waals surface area contributed by atoms with Gasteiger partial charge in [0.25, 0.3) is 0 Å². The Morgan fingerprint density at radius 1 is 0.253 bits per heavy atom. The molecule has 0 unspecified atom stereocenters. The summed E-state index contributed by atoms with van der Waals surface area (Å²) in [6.07, 6.45) is 0. The second-order valence-corrected chi connectivity index (χ2v) is 20.8. The Labute approximate surface area is 461 Å². The van der Waals surface area contributed by atoms with Gasteiger partial charge >= 0.3 is 0 Å². The summed E-state index contributed by atoms with van der Waals surface area (Å²) in [5.74, 6) is 0. The zero-order valence-electron chi connectivity index (χ0n) is 43.4. The first-order valence-corrected chi connectivity index (χ1v) is 27.3.